The van der Waals surface area contributed by atoms with Gasteiger partial charge in [-0.1, -0.05) is 75.4 Å². The number of carbonyl (C=O) groups is 2. The highest BCUT2D eigenvalue weighted by Gasteiger charge is 2.19. The summed E-state index contributed by atoms with van der Waals surface area (Å²) in [4.78, 5) is 23.9. The van der Waals surface area contributed by atoms with Crippen LogP contribution >= 0.6 is 0 Å². The van der Waals surface area contributed by atoms with Crippen LogP contribution < -0.4 is 0 Å². The minimum atomic E-state index is -0.713. The van der Waals surface area contributed by atoms with Crippen LogP contribution in [0.2, 0.25) is 0 Å². The van der Waals surface area contributed by atoms with Crippen molar-refractivity contribution in [2.45, 2.75) is 45.4 Å². The fourth-order valence-electron chi connectivity index (χ4n) is 3.60. The molecule has 2 aromatic rings. The number of hydrogen-bond donors (Lipinski definition) is 2. The molecule has 0 unspecified atom stereocenters. The van der Waals surface area contributed by atoms with Crippen LogP contribution in [0.5, 0.6) is 0 Å². The summed E-state index contributed by atoms with van der Waals surface area (Å²) in [5.74, 6) is -1.87. The van der Waals surface area contributed by atoms with E-state index in [0.717, 1.165) is 23.1 Å². The Kier molecular flexibility index (Phi) is 11.4. The minimum Gasteiger partial charge on any atom is -0.461 e. The summed E-state index contributed by atoms with van der Waals surface area (Å²) < 4.78 is 10.5. The number of aliphatic hydroxyl groups is 2. The molecule has 0 saturated carbocycles. The number of unbranched alkanes of at least 4 members (excludes halogenated alkanes) is 2. The standard InChI is InChI=1S/C29H36O6/c1-5-6-7-8-23-9-14-26(15-20(23)2)24-10-12-25(13-11-24)27(18-34-28(32)21(3)16-30)19-35-29(33)22(4)17-31/h9-15,27,30-31H,3-8,16-19H2,1-2H3. The fraction of sp³-hybridized carbons (Fsp3) is 0.379. The Morgan fingerprint density at radius 2 is 1.40 bits per heavy atom. The predicted molar refractivity (Wildman–Crippen MR) is 137 cm³/mol. The molecule has 0 amide bonds. The number of rotatable bonds is 14. The average molecular weight is 481 g/mol. The van der Waals surface area contributed by atoms with Gasteiger partial charge in [-0.3, -0.25) is 0 Å². The van der Waals surface area contributed by atoms with Gasteiger partial charge < -0.3 is 19.7 Å². The lowest BCUT2D eigenvalue weighted by molar-refractivity contribution is -0.142. The number of benzene rings is 2. The van der Waals surface area contributed by atoms with Gasteiger partial charge in [-0.15, -0.1) is 0 Å². The smallest absolute Gasteiger partial charge is 0.335 e. The lowest BCUT2D eigenvalue weighted by Gasteiger charge is -2.19. The highest BCUT2D eigenvalue weighted by atomic mass is 16.5. The molecule has 2 N–H and O–H groups in total. The summed E-state index contributed by atoms with van der Waals surface area (Å²) >= 11 is 0. The maximum atomic E-state index is 11.9. The first-order valence-corrected chi connectivity index (χ1v) is 11.9. The topological polar surface area (TPSA) is 93.1 Å². The lowest BCUT2D eigenvalue weighted by atomic mass is 9.94. The first-order valence-electron chi connectivity index (χ1n) is 11.9. The molecule has 0 heterocycles. The molecule has 0 spiro atoms. The Morgan fingerprint density at radius 1 is 0.857 bits per heavy atom. The molecular weight excluding hydrogens is 444 g/mol. The molecule has 0 bridgehead atoms. The van der Waals surface area contributed by atoms with Gasteiger partial charge >= 0.3 is 11.9 Å². The van der Waals surface area contributed by atoms with Crippen LogP contribution in [-0.4, -0.2) is 48.6 Å². The number of esters is 2. The molecule has 0 aromatic heterocycles. The van der Waals surface area contributed by atoms with E-state index < -0.39 is 31.1 Å². The van der Waals surface area contributed by atoms with E-state index in [4.69, 9.17) is 19.7 Å². The molecule has 0 atom stereocenters. The predicted octanol–water partition coefficient (Wildman–Crippen LogP) is 4.66. The van der Waals surface area contributed by atoms with Gasteiger partial charge in [-0.05, 0) is 47.6 Å². The van der Waals surface area contributed by atoms with Gasteiger partial charge in [0, 0.05) is 0 Å². The van der Waals surface area contributed by atoms with Crippen molar-refractivity contribution in [3.05, 3.63) is 83.5 Å². The normalized spacial score (nSPS) is 10.8. The number of hydrogen-bond acceptors (Lipinski definition) is 6. The van der Waals surface area contributed by atoms with E-state index >= 15 is 0 Å². The van der Waals surface area contributed by atoms with E-state index in [1.54, 1.807) is 0 Å². The van der Waals surface area contributed by atoms with E-state index in [1.807, 2.05) is 24.3 Å². The maximum absolute atomic E-state index is 11.9. The monoisotopic (exact) mass is 480 g/mol. The Morgan fingerprint density at radius 3 is 1.89 bits per heavy atom. The zero-order valence-electron chi connectivity index (χ0n) is 20.7. The van der Waals surface area contributed by atoms with Crippen molar-refractivity contribution in [1.82, 2.24) is 0 Å². The second-order valence-electron chi connectivity index (χ2n) is 8.64. The SMILES string of the molecule is C=C(CO)C(=O)OCC(COC(=O)C(=C)CO)c1ccc(-c2ccc(CCCCC)c(C)c2)cc1. The van der Waals surface area contributed by atoms with Crippen LogP contribution in [0.3, 0.4) is 0 Å². The Labute approximate surface area is 207 Å². The largest absolute Gasteiger partial charge is 0.461 e. The van der Waals surface area contributed by atoms with Crippen molar-refractivity contribution in [1.29, 1.82) is 0 Å². The van der Waals surface area contributed by atoms with E-state index in [1.165, 1.54) is 30.4 Å². The Bertz CT molecular complexity index is 990. The van der Waals surface area contributed by atoms with Crippen LogP contribution in [0.25, 0.3) is 11.1 Å². The van der Waals surface area contributed by atoms with E-state index in [0.29, 0.717) is 0 Å². The summed E-state index contributed by atoms with van der Waals surface area (Å²) in [5, 5.41) is 18.2. The van der Waals surface area contributed by atoms with Crippen LogP contribution in [0.1, 0.15) is 48.8 Å². The molecular formula is C29H36O6. The van der Waals surface area contributed by atoms with E-state index in [-0.39, 0.29) is 24.4 Å². The van der Waals surface area contributed by atoms with Gasteiger partial charge in [0.2, 0.25) is 0 Å². The summed E-state index contributed by atoms with van der Waals surface area (Å²) in [6, 6.07) is 14.3. The summed E-state index contributed by atoms with van der Waals surface area (Å²) in [6.07, 6.45) is 4.72. The number of carbonyl (C=O) groups excluding carboxylic acids is 2. The maximum Gasteiger partial charge on any atom is 0.335 e. The first-order chi connectivity index (χ1) is 16.8. The zero-order valence-corrected chi connectivity index (χ0v) is 20.7. The third-order valence-electron chi connectivity index (χ3n) is 5.90. The zero-order chi connectivity index (χ0) is 25.8. The van der Waals surface area contributed by atoms with E-state index in [2.05, 4.69) is 45.2 Å². The van der Waals surface area contributed by atoms with Crippen LogP contribution in [0.4, 0.5) is 0 Å². The van der Waals surface area contributed by atoms with Gasteiger partial charge in [0.15, 0.2) is 0 Å². The second-order valence-corrected chi connectivity index (χ2v) is 8.64. The van der Waals surface area contributed by atoms with Gasteiger partial charge in [0.1, 0.15) is 13.2 Å². The minimum absolute atomic E-state index is 0.0572. The fourth-order valence-corrected chi connectivity index (χ4v) is 3.60. The molecule has 0 saturated heterocycles. The Hall–Kier alpha value is -3.22. The lowest BCUT2D eigenvalue weighted by Crippen LogP contribution is -2.21. The summed E-state index contributed by atoms with van der Waals surface area (Å²) in [6.45, 7) is 10.1. The molecule has 0 aliphatic rings. The number of ether oxygens (including phenoxy) is 2. The van der Waals surface area contributed by atoms with Crippen LogP contribution in [-0.2, 0) is 25.5 Å². The molecule has 0 fully saturated rings. The Balaban J connectivity index is 2.17. The highest BCUT2D eigenvalue weighted by Crippen LogP contribution is 2.26. The first kappa shape index (κ1) is 28.0. The van der Waals surface area contributed by atoms with Crippen LogP contribution in [0.15, 0.2) is 66.8 Å². The highest BCUT2D eigenvalue weighted by molar-refractivity contribution is 5.88. The van der Waals surface area contributed by atoms with Crippen molar-refractivity contribution < 1.29 is 29.3 Å². The van der Waals surface area contributed by atoms with Crippen molar-refractivity contribution in [3.8, 4) is 11.1 Å². The van der Waals surface area contributed by atoms with Crippen molar-refractivity contribution in [2.75, 3.05) is 26.4 Å². The summed E-state index contributed by atoms with van der Waals surface area (Å²) in [5.41, 5.74) is 5.50. The van der Waals surface area contributed by atoms with Crippen molar-refractivity contribution in [2.24, 2.45) is 0 Å². The average Bonchev–Trinajstić information content (AvgIpc) is 2.88. The molecule has 0 aliphatic carbocycles. The molecule has 35 heavy (non-hydrogen) atoms. The van der Waals surface area contributed by atoms with E-state index in [9.17, 15) is 9.59 Å². The molecule has 188 valence electrons. The third-order valence-corrected chi connectivity index (χ3v) is 5.90. The molecule has 0 aliphatic heterocycles. The van der Waals surface area contributed by atoms with Gasteiger partial charge in [-0.25, -0.2) is 9.59 Å². The van der Waals surface area contributed by atoms with Gasteiger partial charge in [0.25, 0.3) is 0 Å². The van der Waals surface area contributed by atoms with Crippen molar-refractivity contribution >= 4 is 11.9 Å². The summed E-state index contributed by atoms with van der Waals surface area (Å²) in [7, 11) is 0. The number of aliphatic hydroxyl groups excluding tert-OH is 2. The van der Waals surface area contributed by atoms with Crippen molar-refractivity contribution in [3.63, 3.8) is 0 Å². The van der Waals surface area contributed by atoms with Gasteiger partial charge in [-0.2, -0.15) is 0 Å². The number of aryl methyl sites for hydroxylation is 2. The third kappa shape index (κ3) is 8.50. The second kappa shape index (κ2) is 14.2. The molecule has 2 rings (SSSR count). The quantitative estimate of drug-likeness (QED) is 0.232. The van der Waals surface area contributed by atoms with Gasteiger partial charge in [0.05, 0.1) is 30.3 Å². The van der Waals surface area contributed by atoms with Crippen LogP contribution in [0, 0.1) is 6.92 Å². The molecule has 6 nitrogen and oxygen atoms in total. The molecule has 2 aromatic carbocycles. The molecule has 6 heteroatoms. The molecule has 0 radical (unpaired) electrons.